The zero-order valence-electron chi connectivity index (χ0n) is 36.4. The third-order valence-corrected chi connectivity index (χ3v) is 15.1. The zero-order chi connectivity index (χ0) is 44.0. The number of aromatic nitrogens is 1. The van der Waals surface area contributed by atoms with Gasteiger partial charge >= 0.3 is 0 Å². The molecule has 0 bridgehead atoms. The molecule has 67 heavy (non-hydrogen) atoms. The van der Waals surface area contributed by atoms with Crippen molar-refractivity contribution in [2.45, 2.75) is 0 Å². The number of para-hydroxylation sites is 1. The van der Waals surface area contributed by atoms with Crippen LogP contribution in [0.3, 0.4) is 0 Å². The first-order chi connectivity index (χ1) is 33.2. The van der Waals surface area contributed by atoms with E-state index in [0.29, 0.717) is 0 Å². The number of rotatable bonds is 6. The molecule has 312 valence electrons. The number of fused-ring (bicyclic) bond motifs is 12. The van der Waals surface area contributed by atoms with Crippen molar-refractivity contribution in [1.29, 1.82) is 0 Å². The molecule has 0 spiro atoms. The minimum atomic E-state index is 1.09. The van der Waals surface area contributed by atoms with Gasteiger partial charge in [0.15, 0.2) is 0 Å². The zero-order valence-corrected chi connectivity index (χ0v) is 37.2. The Balaban J connectivity index is 0.976. The summed E-state index contributed by atoms with van der Waals surface area (Å²) in [6.45, 7) is 0. The summed E-state index contributed by atoms with van der Waals surface area (Å²) in [6.07, 6.45) is 0. The predicted octanol–water partition coefficient (Wildman–Crippen LogP) is 18.6. The van der Waals surface area contributed by atoms with Gasteiger partial charge < -0.3 is 9.47 Å². The molecule has 3 heteroatoms. The summed E-state index contributed by atoms with van der Waals surface area (Å²) in [4.78, 5) is 2.46. The largest absolute Gasteiger partial charge is 0.310 e. The van der Waals surface area contributed by atoms with Crippen LogP contribution in [0.5, 0.6) is 0 Å². The summed E-state index contributed by atoms with van der Waals surface area (Å²) in [6, 6.07) is 89.7. The maximum Gasteiger partial charge on any atom is 0.0561 e. The van der Waals surface area contributed by atoms with E-state index in [2.05, 4.69) is 252 Å². The van der Waals surface area contributed by atoms with Crippen molar-refractivity contribution in [3.8, 4) is 27.9 Å². The molecule has 14 rings (SSSR count). The van der Waals surface area contributed by atoms with Crippen molar-refractivity contribution < 1.29 is 0 Å². The first-order valence-corrected chi connectivity index (χ1v) is 23.8. The number of hydrogen-bond acceptors (Lipinski definition) is 2. The second kappa shape index (κ2) is 15.0. The highest BCUT2D eigenvalue weighted by Gasteiger charge is 2.21. The fourth-order valence-corrected chi connectivity index (χ4v) is 11.9. The smallest absolute Gasteiger partial charge is 0.0561 e. The Hall–Kier alpha value is -8.50. The molecule has 0 atom stereocenters. The Kier molecular flexibility index (Phi) is 8.49. The molecule has 0 saturated heterocycles. The first-order valence-electron chi connectivity index (χ1n) is 23.0. The SMILES string of the molecule is c1ccc(-c2ccc(N(c3ccc4c5ccccc5n(-c5ccc6sc7ccccc7c6c5)c4c3)c3ccc(-c4ccc5ccc6c7ccccc7ccc6c5c4)c4ccccc34)cc2)cc1. The third-order valence-electron chi connectivity index (χ3n) is 14.0. The molecule has 0 N–H and O–H groups in total. The topological polar surface area (TPSA) is 8.17 Å². The van der Waals surface area contributed by atoms with E-state index in [-0.39, 0.29) is 0 Å². The Labute approximate surface area is 391 Å². The highest BCUT2D eigenvalue weighted by atomic mass is 32.1. The van der Waals surface area contributed by atoms with Crippen LogP contribution in [0.2, 0.25) is 0 Å². The Bertz CT molecular complexity index is 4270. The van der Waals surface area contributed by atoms with E-state index in [1.165, 1.54) is 107 Å². The van der Waals surface area contributed by atoms with Gasteiger partial charge in [0.05, 0.1) is 16.7 Å². The van der Waals surface area contributed by atoms with Crippen molar-refractivity contribution in [2.75, 3.05) is 4.90 Å². The van der Waals surface area contributed by atoms with Crippen LogP contribution in [-0.4, -0.2) is 4.57 Å². The van der Waals surface area contributed by atoms with Gasteiger partial charge in [0, 0.05) is 53.4 Å². The number of benzene rings is 12. The molecule has 0 unspecified atom stereocenters. The van der Waals surface area contributed by atoms with E-state index in [9.17, 15) is 0 Å². The summed E-state index contributed by atoms with van der Waals surface area (Å²) in [5, 5.41) is 15.1. The fraction of sp³-hybridized carbons (Fsp3) is 0. The molecular weight excluding hydrogens is 829 g/mol. The van der Waals surface area contributed by atoms with E-state index in [1.54, 1.807) is 0 Å². The molecule has 0 aliphatic carbocycles. The van der Waals surface area contributed by atoms with Gasteiger partial charge in [0.25, 0.3) is 0 Å². The Morgan fingerprint density at radius 1 is 0.299 bits per heavy atom. The van der Waals surface area contributed by atoms with Gasteiger partial charge in [0.2, 0.25) is 0 Å². The van der Waals surface area contributed by atoms with Gasteiger partial charge in [-0.15, -0.1) is 11.3 Å². The van der Waals surface area contributed by atoms with Crippen molar-refractivity contribution in [2.24, 2.45) is 0 Å². The molecule has 2 aromatic heterocycles. The van der Waals surface area contributed by atoms with E-state index >= 15 is 0 Å². The van der Waals surface area contributed by atoms with Gasteiger partial charge in [-0.2, -0.15) is 0 Å². The second-order valence-corrected chi connectivity index (χ2v) is 18.7. The second-order valence-electron chi connectivity index (χ2n) is 17.6. The molecule has 0 amide bonds. The van der Waals surface area contributed by atoms with Crippen molar-refractivity contribution in [1.82, 2.24) is 4.57 Å². The number of anilines is 3. The molecular formula is C64H40N2S. The van der Waals surface area contributed by atoms with E-state index < -0.39 is 0 Å². The van der Waals surface area contributed by atoms with Gasteiger partial charge in [-0.1, -0.05) is 176 Å². The first kappa shape index (κ1) is 37.8. The van der Waals surface area contributed by atoms with Crippen LogP contribution in [0.25, 0.3) is 113 Å². The molecule has 0 radical (unpaired) electrons. The summed E-state index contributed by atoms with van der Waals surface area (Å²) < 4.78 is 5.08. The van der Waals surface area contributed by atoms with E-state index in [0.717, 1.165) is 22.7 Å². The molecule has 0 aliphatic rings. The highest BCUT2D eigenvalue weighted by molar-refractivity contribution is 7.25. The molecule has 0 saturated carbocycles. The van der Waals surface area contributed by atoms with Crippen molar-refractivity contribution >= 4 is 113 Å². The number of hydrogen-bond donors (Lipinski definition) is 0. The van der Waals surface area contributed by atoms with Gasteiger partial charge in [-0.05, 0) is 127 Å². The molecule has 2 heterocycles. The highest BCUT2D eigenvalue weighted by Crippen LogP contribution is 2.46. The molecule has 0 aliphatic heterocycles. The lowest BCUT2D eigenvalue weighted by Gasteiger charge is -2.28. The van der Waals surface area contributed by atoms with Crippen LogP contribution >= 0.6 is 11.3 Å². The van der Waals surface area contributed by atoms with Crippen LogP contribution in [0.15, 0.2) is 243 Å². The molecule has 14 aromatic rings. The van der Waals surface area contributed by atoms with Gasteiger partial charge in [0.1, 0.15) is 0 Å². The van der Waals surface area contributed by atoms with Crippen molar-refractivity contribution in [3.05, 3.63) is 243 Å². The lowest BCUT2D eigenvalue weighted by Crippen LogP contribution is -2.11. The quantitative estimate of drug-likeness (QED) is 0.151. The van der Waals surface area contributed by atoms with Crippen LogP contribution in [0, 0.1) is 0 Å². The maximum absolute atomic E-state index is 2.46. The Morgan fingerprint density at radius 2 is 0.896 bits per heavy atom. The lowest BCUT2D eigenvalue weighted by molar-refractivity contribution is 1.18. The van der Waals surface area contributed by atoms with E-state index in [1.807, 2.05) is 11.3 Å². The van der Waals surface area contributed by atoms with E-state index in [4.69, 9.17) is 0 Å². The standard InChI is InChI=1S/C64H40N2S/c1-2-12-41(13-3-1)42-24-28-46(29-25-42)65(48-30-34-56-55-18-8-10-20-60(55)66(62(56)40-48)47-31-37-64-59(39-47)57-19-9-11-21-63(57)67-64)61-36-35-50(51-16-6-7-17-54(51)61)45-23-22-44-27-32-52-49-15-5-4-14-43(49)26-33-53(52)58(44)38-45/h1-40H. The average molecular weight is 869 g/mol. The minimum Gasteiger partial charge on any atom is -0.310 e. The summed E-state index contributed by atoms with van der Waals surface area (Å²) in [5.74, 6) is 0. The van der Waals surface area contributed by atoms with Crippen LogP contribution in [0.1, 0.15) is 0 Å². The lowest BCUT2D eigenvalue weighted by atomic mass is 9.92. The number of nitrogens with zero attached hydrogens (tertiary/aromatic N) is 2. The average Bonchev–Trinajstić information content (AvgIpc) is 3.94. The Morgan fingerprint density at radius 3 is 1.75 bits per heavy atom. The fourth-order valence-electron chi connectivity index (χ4n) is 10.8. The monoisotopic (exact) mass is 868 g/mol. The maximum atomic E-state index is 2.46. The van der Waals surface area contributed by atoms with Crippen molar-refractivity contribution in [3.63, 3.8) is 0 Å². The van der Waals surface area contributed by atoms with Crippen LogP contribution < -0.4 is 4.90 Å². The molecule has 0 fully saturated rings. The van der Waals surface area contributed by atoms with Crippen LogP contribution in [0.4, 0.5) is 17.1 Å². The number of thiophene rings is 1. The predicted molar refractivity (Wildman–Crippen MR) is 289 cm³/mol. The summed E-state index contributed by atoms with van der Waals surface area (Å²) in [5.41, 5.74) is 11.6. The van der Waals surface area contributed by atoms with Gasteiger partial charge in [-0.3, -0.25) is 0 Å². The van der Waals surface area contributed by atoms with Crippen LogP contribution in [-0.2, 0) is 0 Å². The summed E-state index contributed by atoms with van der Waals surface area (Å²) >= 11 is 1.86. The molecule has 2 nitrogen and oxygen atoms in total. The minimum absolute atomic E-state index is 1.09. The summed E-state index contributed by atoms with van der Waals surface area (Å²) in [7, 11) is 0. The normalized spacial score (nSPS) is 11.9. The third kappa shape index (κ3) is 6.02. The molecule has 12 aromatic carbocycles. The van der Waals surface area contributed by atoms with Gasteiger partial charge in [-0.25, -0.2) is 0 Å².